The number of aliphatic hydroxyl groups is 1. The number of nitrogens with one attached hydrogen (secondary N) is 2. The molecule has 1 saturated heterocycles. The van der Waals surface area contributed by atoms with Crippen LogP contribution in [0.25, 0.3) is 0 Å². The van der Waals surface area contributed by atoms with Crippen LogP contribution < -0.4 is 27.8 Å². The minimum atomic E-state index is -1.20. The molecule has 13 nitrogen and oxygen atoms in total. The number of nitrogens with zero attached hydrogens (tertiary/aromatic N) is 2. The normalized spacial score (nSPS) is 18.8. The van der Waals surface area contributed by atoms with E-state index in [9.17, 15) is 19.2 Å². The van der Waals surface area contributed by atoms with Gasteiger partial charge in [-0.25, -0.2) is 0 Å². The molecule has 0 radical (unpaired) electrons. The van der Waals surface area contributed by atoms with Gasteiger partial charge in [-0.05, 0) is 32.6 Å². The number of guanidine groups is 1. The highest BCUT2D eigenvalue weighted by Gasteiger charge is 2.38. The Morgan fingerprint density at radius 1 is 1.23 bits per heavy atom. The molecule has 1 aliphatic rings. The lowest BCUT2D eigenvalue weighted by atomic mass is 10.1. The topological polar surface area (TPSA) is 226 Å². The standard InChI is InChI=1S/C17H31N7O6/c1-9(16(29)30)22-14(27)12-5-3-7-24(12)15(28)11(4-2-6-21-17(19)20)23-13(26)10(18)8-25/h9-12,25H,2-8,18H2,1H3,(H,22,27)(H,23,26)(H,29,30)(H4,19,20,21). The average Bonchev–Trinajstić information content (AvgIpc) is 3.18. The van der Waals surface area contributed by atoms with Crippen LogP contribution >= 0.6 is 0 Å². The fourth-order valence-corrected chi connectivity index (χ4v) is 3.00. The minimum Gasteiger partial charge on any atom is -0.480 e. The number of carbonyl (C=O) groups excluding carboxylic acids is 3. The largest absolute Gasteiger partial charge is 0.480 e. The SMILES string of the molecule is CC(NC(=O)C1CCCN1C(=O)C(CCCN=C(N)N)NC(=O)C(N)CO)C(=O)O. The number of aliphatic carboxylic acids is 1. The zero-order valence-electron chi connectivity index (χ0n) is 16.9. The monoisotopic (exact) mass is 429 g/mol. The first-order chi connectivity index (χ1) is 14.1. The number of nitrogens with two attached hydrogens (primary N) is 3. The Morgan fingerprint density at radius 3 is 2.47 bits per heavy atom. The molecule has 0 aromatic rings. The highest BCUT2D eigenvalue weighted by atomic mass is 16.4. The molecule has 1 rings (SSSR count). The van der Waals surface area contributed by atoms with E-state index in [1.54, 1.807) is 0 Å². The molecule has 1 fully saturated rings. The van der Waals surface area contributed by atoms with Crippen molar-refractivity contribution in [2.45, 2.75) is 56.8 Å². The van der Waals surface area contributed by atoms with E-state index in [0.29, 0.717) is 19.3 Å². The van der Waals surface area contributed by atoms with Crippen LogP contribution in [0, 0.1) is 0 Å². The highest BCUT2D eigenvalue weighted by molar-refractivity contribution is 5.94. The van der Waals surface area contributed by atoms with Gasteiger partial charge in [0.2, 0.25) is 17.7 Å². The fourth-order valence-electron chi connectivity index (χ4n) is 3.00. The molecule has 0 bridgehead atoms. The van der Waals surface area contributed by atoms with Crippen LogP contribution in [0.4, 0.5) is 0 Å². The predicted molar refractivity (Wildman–Crippen MR) is 107 cm³/mol. The van der Waals surface area contributed by atoms with Crippen molar-refractivity contribution >= 4 is 29.7 Å². The molecule has 0 aliphatic carbocycles. The molecule has 0 spiro atoms. The maximum absolute atomic E-state index is 13.1. The third-order valence-corrected chi connectivity index (χ3v) is 4.66. The summed E-state index contributed by atoms with van der Waals surface area (Å²) in [6.07, 6.45) is 1.46. The van der Waals surface area contributed by atoms with Gasteiger partial charge in [-0.3, -0.25) is 24.2 Å². The molecule has 0 aromatic heterocycles. The van der Waals surface area contributed by atoms with Gasteiger partial charge >= 0.3 is 5.97 Å². The van der Waals surface area contributed by atoms with Gasteiger partial charge in [0.15, 0.2) is 5.96 Å². The Labute approximate surface area is 174 Å². The van der Waals surface area contributed by atoms with Crippen LogP contribution in [0.1, 0.15) is 32.6 Å². The van der Waals surface area contributed by atoms with Crippen molar-refractivity contribution in [3.8, 4) is 0 Å². The molecule has 0 aromatic carbocycles. The van der Waals surface area contributed by atoms with Crippen LogP contribution in [0.5, 0.6) is 0 Å². The van der Waals surface area contributed by atoms with Gasteiger partial charge < -0.3 is 42.9 Å². The van der Waals surface area contributed by atoms with Crippen LogP contribution in [-0.2, 0) is 19.2 Å². The summed E-state index contributed by atoms with van der Waals surface area (Å²) in [6.45, 7) is 1.24. The van der Waals surface area contributed by atoms with E-state index in [0.717, 1.165) is 0 Å². The number of carboxylic acid groups (broad SMARTS) is 1. The van der Waals surface area contributed by atoms with E-state index >= 15 is 0 Å². The molecule has 4 unspecified atom stereocenters. The number of aliphatic hydroxyl groups excluding tert-OH is 1. The Kier molecular flexibility index (Phi) is 9.98. The van der Waals surface area contributed by atoms with Crippen molar-refractivity contribution < 1.29 is 29.4 Å². The highest BCUT2D eigenvalue weighted by Crippen LogP contribution is 2.20. The number of aliphatic imine (C=N–C) groups is 1. The summed E-state index contributed by atoms with van der Waals surface area (Å²) in [5.74, 6) is -3.08. The van der Waals surface area contributed by atoms with Crippen molar-refractivity contribution in [2.24, 2.45) is 22.2 Å². The third kappa shape index (κ3) is 7.48. The second-order valence-corrected chi connectivity index (χ2v) is 7.06. The van der Waals surface area contributed by atoms with Gasteiger partial charge in [-0.1, -0.05) is 0 Å². The second kappa shape index (κ2) is 11.9. The summed E-state index contributed by atoms with van der Waals surface area (Å²) in [6, 6.07) is -4.16. The maximum Gasteiger partial charge on any atom is 0.325 e. The molecule has 30 heavy (non-hydrogen) atoms. The second-order valence-electron chi connectivity index (χ2n) is 7.06. The predicted octanol–water partition coefficient (Wildman–Crippen LogP) is -3.58. The van der Waals surface area contributed by atoms with Crippen molar-refractivity contribution in [3.05, 3.63) is 0 Å². The van der Waals surface area contributed by atoms with E-state index < -0.39 is 54.5 Å². The first-order valence-electron chi connectivity index (χ1n) is 9.64. The molecule has 10 N–H and O–H groups in total. The number of carboxylic acids is 1. The van der Waals surface area contributed by atoms with Gasteiger partial charge in [0.05, 0.1) is 6.61 Å². The van der Waals surface area contributed by atoms with Crippen molar-refractivity contribution in [3.63, 3.8) is 0 Å². The molecular weight excluding hydrogens is 398 g/mol. The fraction of sp³-hybridized carbons (Fsp3) is 0.706. The van der Waals surface area contributed by atoms with Crippen LogP contribution in [-0.4, -0.2) is 88.6 Å². The van der Waals surface area contributed by atoms with Crippen LogP contribution in [0.2, 0.25) is 0 Å². The first-order valence-corrected chi connectivity index (χ1v) is 9.64. The first kappa shape index (κ1) is 25.1. The van der Waals surface area contributed by atoms with Gasteiger partial charge in [0.25, 0.3) is 0 Å². The van der Waals surface area contributed by atoms with Gasteiger partial charge in [-0.2, -0.15) is 0 Å². The molecule has 1 heterocycles. The van der Waals surface area contributed by atoms with Gasteiger partial charge in [-0.15, -0.1) is 0 Å². The lowest BCUT2D eigenvalue weighted by molar-refractivity contribution is -0.144. The molecule has 170 valence electrons. The van der Waals surface area contributed by atoms with Gasteiger partial charge in [0, 0.05) is 13.1 Å². The molecule has 13 heteroatoms. The maximum atomic E-state index is 13.1. The third-order valence-electron chi connectivity index (χ3n) is 4.66. The minimum absolute atomic E-state index is 0.104. The van der Waals surface area contributed by atoms with E-state index in [4.69, 9.17) is 27.4 Å². The molecule has 0 saturated carbocycles. The average molecular weight is 429 g/mol. The van der Waals surface area contributed by atoms with Crippen molar-refractivity contribution in [2.75, 3.05) is 19.7 Å². The Bertz CT molecular complexity index is 667. The van der Waals surface area contributed by atoms with Crippen molar-refractivity contribution in [1.82, 2.24) is 15.5 Å². The van der Waals surface area contributed by atoms with E-state index in [-0.39, 0.29) is 25.5 Å². The molecule has 4 atom stereocenters. The zero-order chi connectivity index (χ0) is 22.8. The Balaban J connectivity index is 2.90. The summed E-state index contributed by atoms with van der Waals surface area (Å²) in [4.78, 5) is 53.8. The molecule has 1 aliphatic heterocycles. The molecular formula is C17H31N7O6. The summed E-state index contributed by atoms with van der Waals surface area (Å²) < 4.78 is 0. The summed E-state index contributed by atoms with van der Waals surface area (Å²) in [5, 5.41) is 22.9. The summed E-state index contributed by atoms with van der Waals surface area (Å²) >= 11 is 0. The quantitative estimate of drug-likeness (QED) is 0.0977. The summed E-state index contributed by atoms with van der Waals surface area (Å²) in [5.41, 5.74) is 16.1. The number of carbonyl (C=O) groups is 4. The zero-order valence-corrected chi connectivity index (χ0v) is 16.9. The van der Waals surface area contributed by atoms with Gasteiger partial charge in [0.1, 0.15) is 24.2 Å². The van der Waals surface area contributed by atoms with Crippen LogP contribution in [0.3, 0.4) is 0 Å². The van der Waals surface area contributed by atoms with Crippen LogP contribution in [0.15, 0.2) is 4.99 Å². The smallest absolute Gasteiger partial charge is 0.325 e. The number of hydrogen-bond donors (Lipinski definition) is 7. The van der Waals surface area contributed by atoms with E-state index in [1.807, 2.05) is 0 Å². The Hall–Kier alpha value is -2.93. The van der Waals surface area contributed by atoms with Crippen molar-refractivity contribution in [1.29, 1.82) is 0 Å². The number of rotatable bonds is 11. The number of hydrogen-bond acceptors (Lipinski definition) is 7. The number of amides is 3. The lowest BCUT2D eigenvalue weighted by Crippen LogP contribution is -2.56. The molecule has 3 amide bonds. The Morgan fingerprint density at radius 2 is 1.90 bits per heavy atom. The summed E-state index contributed by atoms with van der Waals surface area (Å²) in [7, 11) is 0. The lowest BCUT2D eigenvalue weighted by Gasteiger charge is -2.29. The number of likely N-dealkylation sites (tertiary alicyclic amines) is 1. The van der Waals surface area contributed by atoms with E-state index in [2.05, 4.69) is 15.6 Å². The van der Waals surface area contributed by atoms with E-state index in [1.165, 1.54) is 11.8 Å².